The minimum absolute atomic E-state index is 0.0389. The Labute approximate surface area is 156 Å². The molecular weight excluding hydrogens is 390 g/mol. The largest absolute Gasteiger partial charge is 0.390 e. The summed E-state index contributed by atoms with van der Waals surface area (Å²) in [5.41, 5.74) is -1.20. The van der Waals surface area contributed by atoms with Gasteiger partial charge in [-0.15, -0.1) is 0 Å². The molecule has 0 unspecified atom stereocenters. The monoisotopic (exact) mass is 404 g/mol. The Morgan fingerprint density at radius 2 is 2.15 bits per heavy atom. The highest BCUT2D eigenvalue weighted by Gasteiger charge is 2.35. The quantitative estimate of drug-likeness (QED) is 0.792. The topological polar surface area (TPSA) is 93.6 Å². The minimum Gasteiger partial charge on any atom is -0.390 e. The van der Waals surface area contributed by atoms with Gasteiger partial charge >= 0.3 is 5.69 Å². The Balaban J connectivity index is 1.61. The van der Waals surface area contributed by atoms with Crippen molar-refractivity contribution in [2.24, 2.45) is 0 Å². The number of aromatic nitrogens is 2. The smallest absolute Gasteiger partial charge is 0.330 e. The lowest BCUT2D eigenvalue weighted by molar-refractivity contribution is -0.0669. The number of nitrogens with zero attached hydrogens (tertiary/aromatic N) is 1. The second-order valence-electron chi connectivity index (χ2n) is 5.83. The van der Waals surface area contributed by atoms with Crippen molar-refractivity contribution in [2.45, 2.75) is 31.5 Å². The molecule has 2 N–H and O–H groups in total. The number of hydrogen-bond acceptors (Lipinski definition) is 5. The summed E-state index contributed by atoms with van der Waals surface area (Å²) >= 11 is 11.9. The standard InChI is InChI=1S/C16H15Cl2FN2O5/c17-9-2-1-8(10(18)3-9)6-25-7-13-12(22)4-14(26-13)21-5-11(19)15(23)20-16(21)24/h1-3,5,12-14,22H,4,6-7H2,(H,20,23,24)/t12-,13+,14+/m0/s1. The van der Waals surface area contributed by atoms with Gasteiger partial charge in [0.15, 0.2) is 0 Å². The molecule has 26 heavy (non-hydrogen) atoms. The third-order valence-corrected chi connectivity index (χ3v) is 4.58. The molecule has 1 aliphatic rings. The first-order chi connectivity index (χ1) is 12.3. The molecule has 1 saturated heterocycles. The Morgan fingerprint density at radius 3 is 2.88 bits per heavy atom. The number of aromatic amines is 1. The van der Waals surface area contributed by atoms with Gasteiger partial charge in [0, 0.05) is 16.5 Å². The molecule has 0 bridgehead atoms. The van der Waals surface area contributed by atoms with Crippen molar-refractivity contribution in [2.75, 3.05) is 6.61 Å². The van der Waals surface area contributed by atoms with Gasteiger partial charge in [0.2, 0.25) is 5.82 Å². The molecule has 0 saturated carbocycles. The van der Waals surface area contributed by atoms with Crippen molar-refractivity contribution in [3.05, 3.63) is 66.7 Å². The van der Waals surface area contributed by atoms with E-state index < -0.39 is 35.5 Å². The van der Waals surface area contributed by atoms with Crippen LogP contribution in [0.2, 0.25) is 10.0 Å². The first-order valence-corrected chi connectivity index (χ1v) is 8.47. The summed E-state index contributed by atoms with van der Waals surface area (Å²) in [6.07, 6.45) is -1.72. The highest BCUT2D eigenvalue weighted by molar-refractivity contribution is 6.35. The van der Waals surface area contributed by atoms with Crippen molar-refractivity contribution in [3.63, 3.8) is 0 Å². The molecule has 2 heterocycles. The van der Waals surface area contributed by atoms with Gasteiger partial charge in [-0.25, -0.2) is 4.79 Å². The first-order valence-electron chi connectivity index (χ1n) is 7.71. The molecule has 3 atom stereocenters. The number of benzene rings is 1. The highest BCUT2D eigenvalue weighted by atomic mass is 35.5. The zero-order valence-corrected chi connectivity index (χ0v) is 14.8. The van der Waals surface area contributed by atoms with E-state index in [1.165, 1.54) is 0 Å². The van der Waals surface area contributed by atoms with Gasteiger partial charge in [-0.1, -0.05) is 29.3 Å². The zero-order chi connectivity index (χ0) is 18.8. The Kier molecular flexibility index (Phi) is 5.79. The summed E-state index contributed by atoms with van der Waals surface area (Å²) in [6.45, 7) is 0.220. The van der Waals surface area contributed by atoms with Gasteiger partial charge in [0.05, 0.1) is 25.5 Å². The van der Waals surface area contributed by atoms with Crippen LogP contribution in [0.4, 0.5) is 4.39 Å². The van der Waals surface area contributed by atoms with Crippen LogP contribution < -0.4 is 11.2 Å². The van der Waals surface area contributed by atoms with E-state index in [0.29, 0.717) is 10.0 Å². The minimum atomic E-state index is -1.11. The van der Waals surface area contributed by atoms with Crippen LogP contribution in [0.25, 0.3) is 0 Å². The lowest BCUT2D eigenvalue weighted by Gasteiger charge is -2.16. The molecule has 2 aromatic rings. The summed E-state index contributed by atoms with van der Waals surface area (Å²) in [6, 6.07) is 5.00. The third-order valence-electron chi connectivity index (χ3n) is 3.99. The second-order valence-corrected chi connectivity index (χ2v) is 6.67. The third kappa shape index (κ3) is 4.16. The van der Waals surface area contributed by atoms with E-state index in [1.807, 2.05) is 4.98 Å². The fourth-order valence-electron chi connectivity index (χ4n) is 2.63. The van der Waals surface area contributed by atoms with Crippen LogP contribution in [0, 0.1) is 5.82 Å². The van der Waals surface area contributed by atoms with Crippen molar-refractivity contribution >= 4 is 23.2 Å². The van der Waals surface area contributed by atoms with Crippen LogP contribution in [-0.2, 0) is 16.1 Å². The van der Waals surface area contributed by atoms with E-state index >= 15 is 0 Å². The number of hydrogen-bond donors (Lipinski definition) is 2. The van der Waals surface area contributed by atoms with Crippen molar-refractivity contribution in [1.29, 1.82) is 0 Å². The second kappa shape index (κ2) is 7.89. The fraction of sp³-hybridized carbons (Fsp3) is 0.375. The SMILES string of the molecule is O=c1[nH]c(=O)n([C@H]2C[C@H](O)[C@@H](COCc3ccc(Cl)cc3Cl)O2)cc1F. The Morgan fingerprint density at radius 1 is 1.38 bits per heavy atom. The van der Waals surface area contributed by atoms with Crippen molar-refractivity contribution in [1.82, 2.24) is 9.55 Å². The van der Waals surface area contributed by atoms with Gasteiger partial charge in [0.1, 0.15) is 12.3 Å². The normalized spacial score (nSPS) is 22.7. The van der Waals surface area contributed by atoms with E-state index in [4.69, 9.17) is 32.7 Å². The van der Waals surface area contributed by atoms with E-state index in [2.05, 4.69) is 0 Å². The number of H-pyrrole nitrogens is 1. The lowest BCUT2D eigenvalue weighted by atomic mass is 10.2. The number of aliphatic hydroxyl groups excluding tert-OH is 1. The predicted octanol–water partition coefficient (Wildman–Crippen LogP) is 1.85. The van der Waals surface area contributed by atoms with Gasteiger partial charge < -0.3 is 14.6 Å². The van der Waals surface area contributed by atoms with Gasteiger partial charge in [0.25, 0.3) is 5.56 Å². The van der Waals surface area contributed by atoms with E-state index in [-0.39, 0.29) is 19.6 Å². The van der Waals surface area contributed by atoms with Gasteiger partial charge in [-0.3, -0.25) is 14.3 Å². The lowest BCUT2D eigenvalue weighted by Crippen LogP contribution is -2.34. The van der Waals surface area contributed by atoms with Crippen LogP contribution in [-0.4, -0.2) is 33.5 Å². The van der Waals surface area contributed by atoms with Crippen molar-refractivity contribution < 1.29 is 19.0 Å². The average molecular weight is 405 g/mol. The number of ether oxygens (including phenoxy) is 2. The molecule has 0 spiro atoms. The van der Waals surface area contributed by atoms with E-state index in [1.54, 1.807) is 18.2 Å². The molecule has 1 aliphatic heterocycles. The summed E-state index contributed by atoms with van der Waals surface area (Å²) in [7, 11) is 0. The molecule has 1 aromatic heterocycles. The average Bonchev–Trinajstić information content (AvgIpc) is 2.94. The van der Waals surface area contributed by atoms with E-state index in [9.17, 15) is 19.1 Å². The summed E-state index contributed by atoms with van der Waals surface area (Å²) < 4.78 is 25.4. The maximum Gasteiger partial charge on any atom is 0.330 e. The molecule has 0 amide bonds. The molecule has 10 heteroatoms. The molecule has 0 aliphatic carbocycles. The van der Waals surface area contributed by atoms with Gasteiger partial charge in [-0.2, -0.15) is 4.39 Å². The molecule has 0 radical (unpaired) electrons. The highest BCUT2D eigenvalue weighted by Crippen LogP contribution is 2.28. The molecule has 1 fully saturated rings. The first kappa shape index (κ1) is 19.1. The van der Waals surface area contributed by atoms with Gasteiger partial charge in [-0.05, 0) is 17.7 Å². The molecule has 3 rings (SSSR count). The molecule has 7 nitrogen and oxygen atoms in total. The maximum atomic E-state index is 13.4. The van der Waals surface area contributed by atoms with Crippen LogP contribution in [0.15, 0.2) is 34.0 Å². The van der Waals surface area contributed by atoms with E-state index in [0.717, 1.165) is 16.3 Å². The van der Waals surface area contributed by atoms with Crippen LogP contribution in [0.1, 0.15) is 18.2 Å². The fourth-order valence-corrected chi connectivity index (χ4v) is 3.10. The number of halogens is 3. The van der Waals surface area contributed by atoms with Crippen LogP contribution in [0.5, 0.6) is 0 Å². The number of aliphatic hydroxyl groups is 1. The molecular formula is C16H15Cl2FN2O5. The van der Waals surface area contributed by atoms with Crippen LogP contribution >= 0.6 is 23.2 Å². The zero-order valence-electron chi connectivity index (χ0n) is 13.3. The maximum absolute atomic E-state index is 13.4. The predicted molar refractivity (Wildman–Crippen MR) is 91.9 cm³/mol. The molecule has 1 aromatic carbocycles. The number of rotatable bonds is 5. The summed E-state index contributed by atoms with van der Waals surface area (Å²) in [5.74, 6) is -1.11. The summed E-state index contributed by atoms with van der Waals surface area (Å²) in [5, 5.41) is 11.1. The Bertz CT molecular complexity index is 916. The number of nitrogens with one attached hydrogen (secondary N) is 1. The van der Waals surface area contributed by atoms with Crippen LogP contribution in [0.3, 0.4) is 0 Å². The van der Waals surface area contributed by atoms with Crippen molar-refractivity contribution in [3.8, 4) is 0 Å². The summed E-state index contributed by atoms with van der Waals surface area (Å²) in [4.78, 5) is 24.7. The Hall–Kier alpha value is -1.71. The molecule has 140 valence electrons.